The van der Waals surface area contributed by atoms with E-state index in [1.54, 1.807) is 6.20 Å². The summed E-state index contributed by atoms with van der Waals surface area (Å²) < 4.78 is 0. The molecule has 1 aromatic rings. The van der Waals surface area contributed by atoms with Crippen LogP contribution in [0.1, 0.15) is 25.7 Å². The lowest BCUT2D eigenvalue weighted by Gasteiger charge is -2.22. The van der Waals surface area contributed by atoms with Gasteiger partial charge >= 0.3 is 0 Å². The third kappa shape index (κ3) is 2.31. The van der Waals surface area contributed by atoms with Gasteiger partial charge in [-0.05, 0) is 25.0 Å². The number of Topliss-reactive ketones (excluding diaryl/α,β-unsaturated/α-hetero) is 1. The lowest BCUT2D eigenvalue weighted by Crippen LogP contribution is -2.26. The van der Waals surface area contributed by atoms with Crippen molar-refractivity contribution in [3.63, 3.8) is 0 Å². The molecule has 0 amide bonds. The van der Waals surface area contributed by atoms with Crippen LogP contribution in [0.2, 0.25) is 0 Å². The highest BCUT2D eigenvalue weighted by Gasteiger charge is 2.18. The summed E-state index contributed by atoms with van der Waals surface area (Å²) in [5, 5.41) is 3.34. The first-order valence-corrected chi connectivity index (χ1v) is 5.04. The summed E-state index contributed by atoms with van der Waals surface area (Å²) in [7, 11) is 0. The zero-order chi connectivity index (χ0) is 9.80. The highest BCUT2D eigenvalue weighted by atomic mass is 16.1. The Morgan fingerprint density at radius 1 is 1.29 bits per heavy atom. The van der Waals surface area contributed by atoms with E-state index in [1.165, 1.54) is 0 Å². The van der Waals surface area contributed by atoms with E-state index in [9.17, 15) is 4.79 Å². The molecule has 1 aromatic heterocycles. The Labute approximate surface area is 83.5 Å². The van der Waals surface area contributed by atoms with Gasteiger partial charge in [-0.15, -0.1) is 0 Å². The second kappa shape index (κ2) is 4.22. The monoisotopic (exact) mass is 190 g/mol. The molecule has 0 bridgehead atoms. The number of anilines is 1. The number of hydrogen-bond donors (Lipinski definition) is 1. The first kappa shape index (κ1) is 9.19. The van der Waals surface area contributed by atoms with E-state index >= 15 is 0 Å². The normalized spacial score (nSPS) is 18.1. The van der Waals surface area contributed by atoms with Gasteiger partial charge in [0, 0.05) is 25.1 Å². The molecular weight excluding hydrogens is 176 g/mol. The third-order valence-corrected chi connectivity index (χ3v) is 2.56. The fraction of sp³-hybridized carbons (Fsp3) is 0.455. The van der Waals surface area contributed by atoms with Crippen LogP contribution >= 0.6 is 0 Å². The summed E-state index contributed by atoms with van der Waals surface area (Å²) in [6.45, 7) is 0. The van der Waals surface area contributed by atoms with Crippen molar-refractivity contribution < 1.29 is 4.79 Å². The zero-order valence-corrected chi connectivity index (χ0v) is 8.07. The highest BCUT2D eigenvalue weighted by Crippen LogP contribution is 2.18. The molecule has 0 atom stereocenters. The molecule has 2 rings (SSSR count). The van der Waals surface area contributed by atoms with Crippen LogP contribution in [0, 0.1) is 0 Å². The van der Waals surface area contributed by atoms with E-state index in [1.807, 2.05) is 18.2 Å². The molecule has 1 fully saturated rings. The summed E-state index contributed by atoms with van der Waals surface area (Å²) in [6.07, 6.45) is 5.08. The molecule has 1 aliphatic rings. The second-order valence-corrected chi connectivity index (χ2v) is 3.67. The highest BCUT2D eigenvalue weighted by molar-refractivity contribution is 5.79. The average molecular weight is 190 g/mol. The minimum atomic E-state index is 0.393. The molecule has 1 aliphatic carbocycles. The van der Waals surface area contributed by atoms with Gasteiger partial charge in [0.15, 0.2) is 0 Å². The van der Waals surface area contributed by atoms with Crippen LogP contribution in [0.25, 0.3) is 0 Å². The molecule has 1 saturated carbocycles. The van der Waals surface area contributed by atoms with Crippen molar-refractivity contribution in [3.8, 4) is 0 Å². The fourth-order valence-electron chi connectivity index (χ4n) is 1.74. The Kier molecular flexibility index (Phi) is 2.77. The molecule has 0 spiro atoms. The van der Waals surface area contributed by atoms with Crippen molar-refractivity contribution in [2.75, 3.05) is 5.32 Å². The van der Waals surface area contributed by atoms with E-state index in [-0.39, 0.29) is 0 Å². The van der Waals surface area contributed by atoms with Gasteiger partial charge in [-0.1, -0.05) is 6.07 Å². The molecule has 3 nitrogen and oxygen atoms in total. The average Bonchev–Trinajstić information content (AvgIpc) is 2.23. The summed E-state index contributed by atoms with van der Waals surface area (Å²) in [5.41, 5.74) is 0. The second-order valence-electron chi connectivity index (χ2n) is 3.67. The Hall–Kier alpha value is -1.38. The molecule has 0 unspecified atom stereocenters. The topological polar surface area (TPSA) is 42.0 Å². The van der Waals surface area contributed by atoms with Gasteiger partial charge in [-0.3, -0.25) is 4.79 Å². The van der Waals surface area contributed by atoms with Crippen LogP contribution in [0.4, 0.5) is 5.82 Å². The molecule has 14 heavy (non-hydrogen) atoms. The van der Waals surface area contributed by atoms with Gasteiger partial charge in [0.1, 0.15) is 11.6 Å². The molecule has 0 aliphatic heterocycles. The number of hydrogen-bond acceptors (Lipinski definition) is 3. The van der Waals surface area contributed by atoms with Crippen molar-refractivity contribution in [1.82, 2.24) is 4.98 Å². The quantitative estimate of drug-likeness (QED) is 0.775. The van der Waals surface area contributed by atoms with Crippen molar-refractivity contribution in [3.05, 3.63) is 24.4 Å². The zero-order valence-electron chi connectivity index (χ0n) is 8.07. The fourth-order valence-corrected chi connectivity index (χ4v) is 1.74. The van der Waals surface area contributed by atoms with Gasteiger partial charge in [0.05, 0.1) is 0 Å². The summed E-state index contributed by atoms with van der Waals surface area (Å²) in [5.74, 6) is 1.30. The first-order chi connectivity index (χ1) is 6.84. The molecule has 0 saturated heterocycles. The van der Waals surface area contributed by atoms with E-state index in [0.29, 0.717) is 24.7 Å². The standard InChI is InChI=1S/C11H14N2O/c14-10-6-4-9(5-7-10)13-11-3-1-2-8-12-11/h1-3,8-9H,4-7H2,(H,12,13). The van der Waals surface area contributed by atoms with E-state index in [0.717, 1.165) is 18.7 Å². The minimum Gasteiger partial charge on any atom is -0.367 e. The number of carbonyl (C=O) groups excluding carboxylic acids is 1. The van der Waals surface area contributed by atoms with Crippen molar-refractivity contribution in [2.24, 2.45) is 0 Å². The van der Waals surface area contributed by atoms with Gasteiger partial charge in [-0.2, -0.15) is 0 Å². The number of pyridine rings is 1. The van der Waals surface area contributed by atoms with Crippen molar-refractivity contribution in [1.29, 1.82) is 0 Å². The number of carbonyl (C=O) groups is 1. The Morgan fingerprint density at radius 3 is 2.71 bits per heavy atom. The largest absolute Gasteiger partial charge is 0.367 e. The van der Waals surface area contributed by atoms with Gasteiger partial charge in [-0.25, -0.2) is 4.98 Å². The number of aromatic nitrogens is 1. The smallest absolute Gasteiger partial charge is 0.133 e. The third-order valence-electron chi connectivity index (χ3n) is 2.56. The Bertz CT molecular complexity index is 300. The Balaban J connectivity index is 1.89. The van der Waals surface area contributed by atoms with Crippen molar-refractivity contribution >= 4 is 11.6 Å². The number of rotatable bonds is 2. The van der Waals surface area contributed by atoms with Gasteiger partial charge in [0.25, 0.3) is 0 Å². The molecular formula is C11H14N2O. The number of ketones is 1. The SMILES string of the molecule is O=C1CCC(Nc2ccccn2)CC1. The van der Waals surface area contributed by atoms with Gasteiger partial charge in [0.2, 0.25) is 0 Å². The maximum absolute atomic E-state index is 11.0. The number of nitrogens with one attached hydrogen (secondary N) is 1. The summed E-state index contributed by atoms with van der Waals surface area (Å²) >= 11 is 0. The molecule has 1 N–H and O–H groups in total. The molecule has 3 heteroatoms. The maximum Gasteiger partial charge on any atom is 0.133 e. The van der Waals surface area contributed by atoms with E-state index < -0.39 is 0 Å². The number of nitrogens with zero attached hydrogens (tertiary/aromatic N) is 1. The van der Waals surface area contributed by atoms with Crippen LogP contribution in [-0.2, 0) is 4.79 Å². The van der Waals surface area contributed by atoms with E-state index in [2.05, 4.69) is 10.3 Å². The van der Waals surface area contributed by atoms with Crippen LogP contribution in [-0.4, -0.2) is 16.8 Å². The van der Waals surface area contributed by atoms with Gasteiger partial charge < -0.3 is 5.32 Å². The summed E-state index contributed by atoms with van der Waals surface area (Å²) in [6, 6.07) is 6.23. The lowest BCUT2D eigenvalue weighted by molar-refractivity contribution is -0.120. The minimum absolute atomic E-state index is 0.393. The Morgan fingerprint density at radius 2 is 2.07 bits per heavy atom. The molecule has 0 aromatic carbocycles. The predicted molar refractivity (Wildman–Crippen MR) is 55.1 cm³/mol. The molecule has 1 heterocycles. The van der Waals surface area contributed by atoms with Crippen LogP contribution in [0.15, 0.2) is 24.4 Å². The lowest BCUT2D eigenvalue weighted by atomic mass is 9.94. The molecule has 0 radical (unpaired) electrons. The first-order valence-electron chi connectivity index (χ1n) is 5.04. The van der Waals surface area contributed by atoms with Crippen LogP contribution in [0.3, 0.4) is 0 Å². The maximum atomic E-state index is 11.0. The van der Waals surface area contributed by atoms with Crippen LogP contribution in [0.5, 0.6) is 0 Å². The molecule has 74 valence electrons. The summed E-state index contributed by atoms with van der Waals surface area (Å²) in [4.78, 5) is 15.2. The van der Waals surface area contributed by atoms with Crippen molar-refractivity contribution in [2.45, 2.75) is 31.7 Å². The predicted octanol–water partition coefficient (Wildman–Crippen LogP) is 2.01. The van der Waals surface area contributed by atoms with Crippen LogP contribution < -0.4 is 5.32 Å². The van der Waals surface area contributed by atoms with E-state index in [4.69, 9.17) is 0 Å².